The second kappa shape index (κ2) is 9.20. The van der Waals surface area contributed by atoms with Crippen LogP contribution in [0.4, 0.5) is 5.69 Å². The first-order chi connectivity index (χ1) is 11.9. The largest absolute Gasteiger partial charge is 0.495 e. The van der Waals surface area contributed by atoms with Crippen LogP contribution in [0.3, 0.4) is 0 Å². The van der Waals surface area contributed by atoms with Crippen molar-refractivity contribution in [3.63, 3.8) is 0 Å². The van der Waals surface area contributed by atoms with E-state index in [1.807, 2.05) is 25.1 Å². The second-order valence-electron chi connectivity index (χ2n) is 6.48. The standard InChI is InChI=1S/C18H28N2O4S/c1-15-9-10-17(24-2)16(14-15)19-18(21)8-4-7-13-25(22,23)20-11-5-3-6-12-20/h9-10,14H,3-8,11-13H2,1-2H3,(H,19,21). The number of hydrogen-bond acceptors (Lipinski definition) is 4. The van der Waals surface area contributed by atoms with Gasteiger partial charge in [-0.3, -0.25) is 4.79 Å². The Morgan fingerprint density at radius 1 is 1.20 bits per heavy atom. The van der Waals surface area contributed by atoms with Crippen molar-refractivity contribution >= 4 is 21.6 Å². The molecule has 1 aliphatic heterocycles. The van der Waals surface area contributed by atoms with Gasteiger partial charge in [-0.15, -0.1) is 0 Å². The molecule has 0 spiro atoms. The zero-order valence-corrected chi connectivity index (χ0v) is 15.9. The summed E-state index contributed by atoms with van der Waals surface area (Å²) in [5.74, 6) is 0.611. The van der Waals surface area contributed by atoms with Crippen LogP contribution in [0, 0.1) is 6.92 Å². The van der Waals surface area contributed by atoms with E-state index in [1.54, 1.807) is 11.4 Å². The van der Waals surface area contributed by atoms with Crippen LogP contribution in [0.25, 0.3) is 0 Å². The van der Waals surface area contributed by atoms with Gasteiger partial charge in [-0.25, -0.2) is 12.7 Å². The molecule has 1 saturated heterocycles. The first-order valence-corrected chi connectivity index (χ1v) is 10.5. The molecular weight excluding hydrogens is 340 g/mol. The van der Waals surface area contributed by atoms with E-state index in [4.69, 9.17) is 4.74 Å². The van der Waals surface area contributed by atoms with Crippen molar-refractivity contribution in [2.45, 2.75) is 45.4 Å². The van der Waals surface area contributed by atoms with E-state index in [0.717, 1.165) is 24.8 Å². The molecule has 0 saturated carbocycles. The Kier molecular flexibility index (Phi) is 7.25. The lowest BCUT2D eigenvalue weighted by Gasteiger charge is -2.25. The number of piperidine rings is 1. The minimum absolute atomic E-state index is 0.119. The molecule has 0 atom stereocenters. The molecule has 0 aliphatic carbocycles. The highest BCUT2D eigenvalue weighted by Crippen LogP contribution is 2.25. The number of benzene rings is 1. The van der Waals surface area contributed by atoms with Crippen LogP contribution in [0.5, 0.6) is 5.75 Å². The number of carbonyl (C=O) groups is 1. The number of carbonyl (C=O) groups excluding carboxylic acids is 1. The molecular formula is C18H28N2O4S. The van der Waals surface area contributed by atoms with Gasteiger partial charge in [0.2, 0.25) is 15.9 Å². The summed E-state index contributed by atoms with van der Waals surface area (Å²) < 4.78 is 31.3. The number of rotatable bonds is 8. The summed E-state index contributed by atoms with van der Waals surface area (Å²) in [4.78, 5) is 12.1. The molecule has 1 aromatic carbocycles. The van der Waals surface area contributed by atoms with Crippen molar-refractivity contribution in [3.8, 4) is 5.75 Å². The normalized spacial score (nSPS) is 15.8. The maximum atomic E-state index is 12.3. The number of ether oxygens (including phenoxy) is 1. The summed E-state index contributed by atoms with van der Waals surface area (Å²) >= 11 is 0. The monoisotopic (exact) mass is 368 g/mol. The summed E-state index contributed by atoms with van der Waals surface area (Å²) in [5, 5.41) is 2.84. The third kappa shape index (κ3) is 6.01. The molecule has 1 amide bonds. The Labute approximate surface area is 150 Å². The fraction of sp³-hybridized carbons (Fsp3) is 0.611. The molecule has 1 aliphatic rings. The Morgan fingerprint density at radius 2 is 1.92 bits per heavy atom. The van der Waals surface area contributed by atoms with Crippen LogP contribution in [-0.2, 0) is 14.8 Å². The number of nitrogens with zero attached hydrogens (tertiary/aromatic N) is 1. The van der Waals surface area contributed by atoms with Gasteiger partial charge < -0.3 is 10.1 Å². The molecule has 6 nitrogen and oxygen atoms in total. The minimum Gasteiger partial charge on any atom is -0.495 e. The Balaban J connectivity index is 1.76. The van der Waals surface area contributed by atoms with Crippen LogP contribution < -0.4 is 10.1 Å². The first kappa shape index (κ1) is 19.7. The molecule has 1 fully saturated rings. The van der Waals surface area contributed by atoms with Crippen molar-refractivity contribution in [2.24, 2.45) is 0 Å². The first-order valence-electron chi connectivity index (χ1n) is 8.85. The van der Waals surface area contributed by atoms with Crippen molar-refractivity contribution in [1.29, 1.82) is 0 Å². The molecule has 2 rings (SSSR count). The summed E-state index contributed by atoms with van der Waals surface area (Å²) in [6.07, 6.45) is 4.34. The zero-order chi connectivity index (χ0) is 18.3. The topological polar surface area (TPSA) is 75.7 Å². The predicted molar refractivity (Wildman–Crippen MR) is 99.4 cm³/mol. The van der Waals surface area contributed by atoms with Gasteiger partial charge in [0, 0.05) is 19.5 Å². The third-order valence-electron chi connectivity index (χ3n) is 4.39. The maximum Gasteiger partial charge on any atom is 0.224 e. The van der Waals surface area contributed by atoms with Gasteiger partial charge in [-0.1, -0.05) is 12.5 Å². The van der Waals surface area contributed by atoms with Gasteiger partial charge in [0.15, 0.2) is 0 Å². The quantitative estimate of drug-likeness (QED) is 0.716. The molecule has 0 radical (unpaired) electrons. The highest BCUT2D eigenvalue weighted by Gasteiger charge is 2.23. The molecule has 7 heteroatoms. The van der Waals surface area contributed by atoms with Gasteiger partial charge in [-0.2, -0.15) is 0 Å². The van der Waals surface area contributed by atoms with Gasteiger partial charge >= 0.3 is 0 Å². The van der Waals surface area contributed by atoms with Crippen LogP contribution >= 0.6 is 0 Å². The van der Waals surface area contributed by atoms with E-state index >= 15 is 0 Å². The molecule has 1 heterocycles. The van der Waals surface area contributed by atoms with Gasteiger partial charge in [0.1, 0.15) is 5.75 Å². The fourth-order valence-corrected chi connectivity index (χ4v) is 4.62. The number of methoxy groups -OCH3 is 1. The van der Waals surface area contributed by atoms with Gasteiger partial charge in [0.05, 0.1) is 18.6 Å². The Hall–Kier alpha value is -1.60. The van der Waals surface area contributed by atoms with Crippen LogP contribution in [-0.4, -0.2) is 44.6 Å². The SMILES string of the molecule is COc1ccc(C)cc1NC(=O)CCCCS(=O)(=O)N1CCCCC1. The van der Waals surface area contributed by atoms with E-state index in [1.165, 1.54) is 0 Å². The molecule has 0 aromatic heterocycles. The number of sulfonamides is 1. The predicted octanol–water partition coefficient (Wildman–Crippen LogP) is 2.93. The molecule has 0 bridgehead atoms. The summed E-state index contributed by atoms with van der Waals surface area (Å²) in [6.45, 7) is 3.21. The number of amides is 1. The van der Waals surface area contributed by atoms with Gasteiger partial charge in [0.25, 0.3) is 0 Å². The highest BCUT2D eigenvalue weighted by molar-refractivity contribution is 7.89. The fourth-order valence-electron chi connectivity index (χ4n) is 2.97. The third-order valence-corrected chi connectivity index (χ3v) is 6.35. The van der Waals surface area contributed by atoms with Crippen LogP contribution in [0.2, 0.25) is 0 Å². The summed E-state index contributed by atoms with van der Waals surface area (Å²) in [7, 11) is -1.61. The Morgan fingerprint density at radius 3 is 2.60 bits per heavy atom. The average Bonchev–Trinajstić information content (AvgIpc) is 2.60. The maximum absolute atomic E-state index is 12.3. The molecule has 1 aromatic rings. The van der Waals surface area contributed by atoms with E-state index < -0.39 is 10.0 Å². The number of aryl methyl sites for hydroxylation is 1. The summed E-state index contributed by atoms with van der Waals surface area (Å²) in [6, 6.07) is 5.59. The van der Waals surface area contributed by atoms with Crippen molar-refractivity contribution < 1.29 is 17.9 Å². The Bertz CT molecular complexity index is 682. The van der Waals surface area contributed by atoms with E-state index in [0.29, 0.717) is 43.8 Å². The minimum atomic E-state index is -3.17. The zero-order valence-electron chi connectivity index (χ0n) is 15.1. The van der Waals surface area contributed by atoms with Crippen LogP contribution in [0.1, 0.15) is 44.1 Å². The van der Waals surface area contributed by atoms with Crippen molar-refractivity contribution in [2.75, 3.05) is 31.3 Å². The highest BCUT2D eigenvalue weighted by atomic mass is 32.2. The molecule has 1 N–H and O–H groups in total. The van der Waals surface area contributed by atoms with E-state index in [2.05, 4.69) is 5.32 Å². The number of nitrogens with one attached hydrogen (secondary N) is 1. The molecule has 140 valence electrons. The smallest absolute Gasteiger partial charge is 0.224 e. The second-order valence-corrected chi connectivity index (χ2v) is 8.57. The molecule has 0 unspecified atom stereocenters. The van der Waals surface area contributed by atoms with Gasteiger partial charge in [-0.05, 0) is 50.3 Å². The number of unbranched alkanes of at least 4 members (excludes halogenated alkanes) is 1. The van der Waals surface area contributed by atoms with E-state index in [-0.39, 0.29) is 11.7 Å². The van der Waals surface area contributed by atoms with Crippen molar-refractivity contribution in [1.82, 2.24) is 4.31 Å². The van der Waals surface area contributed by atoms with Crippen molar-refractivity contribution in [3.05, 3.63) is 23.8 Å². The lowest BCUT2D eigenvalue weighted by molar-refractivity contribution is -0.116. The lowest BCUT2D eigenvalue weighted by Crippen LogP contribution is -2.37. The summed E-state index contributed by atoms with van der Waals surface area (Å²) in [5.41, 5.74) is 1.68. The van der Waals surface area contributed by atoms with E-state index in [9.17, 15) is 13.2 Å². The number of anilines is 1. The average molecular weight is 368 g/mol. The van der Waals surface area contributed by atoms with Crippen LogP contribution in [0.15, 0.2) is 18.2 Å². The lowest BCUT2D eigenvalue weighted by atomic mass is 10.2. The molecule has 25 heavy (non-hydrogen) atoms. The number of hydrogen-bond donors (Lipinski definition) is 1.